The van der Waals surface area contributed by atoms with Crippen molar-refractivity contribution in [1.82, 2.24) is 0 Å². The molecule has 0 amide bonds. The number of rotatable bonds is 3. The summed E-state index contributed by atoms with van der Waals surface area (Å²) in [5, 5.41) is 10.1. The van der Waals surface area contributed by atoms with E-state index in [0.717, 1.165) is 37.0 Å². The van der Waals surface area contributed by atoms with Gasteiger partial charge in [-0.3, -0.25) is 4.79 Å². The van der Waals surface area contributed by atoms with Crippen molar-refractivity contribution in [3.05, 3.63) is 0 Å². The molecule has 0 spiro atoms. The molecule has 0 aromatic heterocycles. The molecular formula is C15H24O3. The van der Waals surface area contributed by atoms with Crippen molar-refractivity contribution in [2.45, 2.75) is 51.6 Å². The molecule has 4 aliphatic carbocycles. The third-order valence-electron chi connectivity index (χ3n) is 5.68. The highest BCUT2D eigenvalue weighted by molar-refractivity contribution is 5.74. The Morgan fingerprint density at radius 2 is 1.61 bits per heavy atom. The molecule has 0 heterocycles. The van der Waals surface area contributed by atoms with Crippen molar-refractivity contribution < 1.29 is 14.6 Å². The Morgan fingerprint density at radius 3 is 1.94 bits per heavy atom. The van der Waals surface area contributed by atoms with Crippen LogP contribution in [0.25, 0.3) is 0 Å². The van der Waals surface area contributed by atoms with Crippen molar-refractivity contribution in [2.24, 2.45) is 29.1 Å². The Morgan fingerprint density at radius 1 is 1.17 bits per heavy atom. The summed E-state index contributed by atoms with van der Waals surface area (Å²) < 4.78 is 4.96. The molecule has 0 aromatic carbocycles. The van der Waals surface area contributed by atoms with E-state index in [1.165, 1.54) is 26.4 Å². The Bertz CT molecular complexity index is 312. The Hall–Kier alpha value is -0.570. The van der Waals surface area contributed by atoms with E-state index >= 15 is 0 Å². The van der Waals surface area contributed by atoms with Gasteiger partial charge in [0.25, 0.3) is 0 Å². The van der Waals surface area contributed by atoms with Gasteiger partial charge in [-0.05, 0) is 68.6 Å². The zero-order valence-electron chi connectivity index (χ0n) is 11.4. The van der Waals surface area contributed by atoms with E-state index in [0.29, 0.717) is 0 Å². The number of ether oxygens (including phenoxy) is 1. The van der Waals surface area contributed by atoms with E-state index in [9.17, 15) is 9.90 Å². The van der Waals surface area contributed by atoms with Crippen molar-refractivity contribution in [3.63, 3.8) is 0 Å². The van der Waals surface area contributed by atoms with Crippen LogP contribution in [-0.2, 0) is 9.53 Å². The zero-order valence-corrected chi connectivity index (χ0v) is 11.4. The SMILES string of the molecule is COC(=O)[C@H]([C@H](C)O)C12CC3CC(CC(C3)C1)C2. The molecule has 18 heavy (non-hydrogen) atoms. The third kappa shape index (κ3) is 1.78. The minimum Gasteiger partial charge on any atom is -0.469 e. The normalized spacial score (nSPS) is 44.7. The fraction of sp³-hybridized carbons (Fsp3) is 0.933. The zero-order chi connectivity index (χ0) is 12.9. The van der Waals surface area contributed by atoms with Gasteiger partial charge in [-0.15, -0.1) is 0 Å². The Labute approximate surface area is 109 Å². The van der Waals surface area contributed by atoms with Gasteiger partial charge >= 0.3 is 5.97 Å². The maximum absolute atomic E-state index is 12.1. The lowest BCUT2D eigenvalue weighted by Crippen LogP contribution is -2.54. The van der Waals surface area contributed by atoms with Crippen molar-refractivity contribution in [3.8, 4) is 0 Å². The summed E-state index contributed by atoms with van der Waals surface area (Å²) in [5.41, 5.74) is 0.0377. The van der Waals surface area contributed by atoms with Gasteiger partial charge in [0.05, 0.1) is 19.1 Å². The van der Waals surface area contributed by atoms with E-state index in [1.54, 1.807) is 6.92 Å². The van der Waals surface area contributed by atoms with Crippen molar-refractivity contribution in [1.29, 1.82) is 0 Å². The lowest BCUT2D eigenvalue weighted by atomic mass is 9.46. The average molecular weight is 252 g/mol. The number of aliphatic hydroxyl groups excluding tert-OH is 1. The van der Waals surface area contributed by atoms with E-state index in [2.05, 4.69) is 0 Å². The predicted octanol–water partition coefficient (Wildman–Crippen LogP) is 2.37. The molecule has 1 N–H and O–H groups in total. The predicted molar refractivity (Wildman–Crippen MR) is 67.8 cm³/mol. The molecule has 0 aliphatic heterocycles. The number of esters is 1. The second-order valence-electron chi connectivity index (χ2n) is 7.02. The quantitative estimate of drug-likeness (QED) is 0.784. The highest BCUT2D eigenvalue weighted by atomic mass is 16.5. The molecule has 2 atom stereocenters. The standard InChI is InChI=1S/C15H24O3/c1-9(16)13(14(17)18-2)15-6-10-3-11(7-15)5-12(4-10)8-15/h9-13,16H,3-8H2,1-2H3/t9-,10?,11?,12?,13-,15?/m0/s1. The summed E-state index contributed by atoms with van der Waals surface area (Å²) in [4.78, 5) is 12.1. The first-order valence-electron chi connectivity index (χ1n) is 7.30. The highest BCUT2D eigenvalue weighted by Crippen LogP contribution is 2.63. The molecule has 3 heteroatoms. The summed E-state index contributed by atoms with van der Waals surface area (Å²) >= 11 is 0. The second-order valence-corrected chi connectivity index (χ2v) is 7.02. The largest absolute Gasteiger partial charge is 0.469 e. The number of hydrogen-bond acceptors (Lipinski definition) is 3. The van der Waals surface area contributed by atoms with Crippen LogP contribution in [0, 0.1) is 29.1 Å². The van der Waals surface area contributed by atoms with Gasteiger partial charge in [-0.2, -0.15) is 0 Å². The number of aliphatic hydroxyl groups is 1. The van der Waals surface area contributed by atoms with Crippen molar-refractivity contribution in [2.75, 3.05) is 7.11 Å². The topological polar surface area (TPSA) is 46.5 Å². The number of methoxy groups -OCH3 is 1. The molecule has 4 aliphatic rings. The summed E-state index contributed by atoms with van der Waals surface area (Å²) in [6.07, 6.45) is 6.86. The molecule has 4 bridgehead atoms. The van der Waals surface area contributed by atoms with Gasteiger partial charge in [0, 0.05) is 0 Å². The summed E-state index contributed by atoms with van der Waals surface area (Å²) in [5.74, 6) is 1.87. The molecule has 4 rings (SSSR count). The van der Waals surface area contributed by atoms with Gasteiger partial charge < -0.3 is 9.84 Å². The monoisotopic (exact) mass is 252 g/mol. The average Bonchev–Trinajstić information content (AvgIpc) is 2.25. The van der Waals surface area contributed by atoms with Crippen LogP contribution in [0.3, 0.4) is 0 Å². The lowest BCUT2D eigenvalue weighted by Gasteiger charge is -2.59. The summed E-state index contributed by atoms with van der Waals surface area (Å²) in [7, 11) is 1.44. The highest BCUT2D eigenvalue weighted by Gasteiger charge is 2.57. The fourth-order valence-electron chi connectivity index (χ4n) is 5.64. The Kier molecular flexibility index (Phi) is 2.92. The van der Waals surface area contributed by atoms with Crippen LogP contribution in [0.4, 0.5) is 0 Å². The second kappa shape index (κ2) is 4.22. The first kappa shape index (κ1) is 12.5. The van der Waals surface area contributed by atoms with Crippen LogP contribution in [0.1, 0.15) is 45.4 Å². The third-order valence-corrected chi connectivity index (χ3v) is 5.68. The minimum absolute atomic E-state index is 0.0377. The minimum atomic E-state index is -0.589. The van der Waals surface area contributed by atoms with Gasteiger partial charge in [-0.25, -0.2) is 0 Å². The van der Waals surface area contributed by atoms with Gasteiger partial charge in [0.15, 0.2) is 0 Å². The first-order valence-corrected chi connectivity index (χ1v) is 7.30. The van der Waals surface area contributed by atoms with Crippen LogP contribution in [-0.4, -0.2) is 24.3 Å². The van der Waals surface area contributed by atoms with E-state index in [1.807, 2.05) is 0 Å². The molecule has 0 aromatic rings. The van der Waals surface area contributed by atoms with E-state index in [-0.39, 0.29) is 17.3 Å². The lowest BCUT2D eigenvalue weighted by molar-refractivity contribution is -0.170. The van der Waals surface area contributed by atoms with E-state index in [4.69, 9.17) is 4.74 Å². The van der Waals surface area contributed by atoms with Crippen LogP contribution in [0.15, 0.2) is 0 Å². The van der Waals surface area contributed by atoms with Gasteiger partial charge in [0.1, 0.15) is 0 Å². The van der Waals surface area contributed by atoms with Crippen LogP contribution < -0.4 is 0 Å². The number of carbonyl (C=O) groups is 1. The van der Waals surface area contributed by atoms with Gasteiger partial charge in [-0.1, -0.05) is 0 Å². The Balaban J connectivity index is 1.91. The molecule has 0 radical (unpaired) electrons. The van der Waals surface area contributed by atoms with Crippen LogP contribution in [0.2, 0.25) is 0 Å². The maximum atomic E-state index is 12.1. The molecular weight excluding hydrogens is 228 g/mol. The fourth-order valence-corrected chi connectivity index (χ4v) is 5.64. The van der Waals surface area contributed by atoms with Crippen LogP contribution >= 0.6 is 0 Å². The molecule has 3 nitrogen and oxygen atoms in total. The maximum Gasteiger partial charge on any atom is 0.311 e. The molecule has 4 fully saturated rings. The van der Waals surface area contributed by atoms with Crippen LogP contribution in [0.5, 0.6) is 0 Å². The number of carbonyl (C=O) groups excluding carboxylic acids is 1. The van der Waals surface area contributed by atoms with Crippen molar-refractivity contribution >= 4 is 5.97 Å². The molecule has 0 saturated heterocycles. The first-order chi connectivity index (χ1) is 8.54. The molecule has 4 saturated carbocycles. The number of hydrogen-bond donors (Lipinski definition) is 1. The van der Waals surface area contributed by atoms with E-state index < -0.39 is 6.10 Å². The summed E-state index contributed by atoms with van der Waals surface area (Å²) in [6, 6.07) is 0. The molecule has 102 valence electrons. The van der Waals surface area contributed by atoms with Gasteiger partial charge in [0.2, 0.25) is 0 Å². The molecule has 0 unspecified atom stereocenters. The smallest absolute Gasteiger partial charge is 0.311 e. The summed E-state index contributed by atoms with van der Waals surface area (Å²) in [6.45, 7) is 1.75.